The molecular formula is C35H19N2S. The predicted molar refractivity (Wildman–Crippen MR) is 162 cm³/mol. The molecule has 3 heterocycles. The third-order valence-electron chi connectivity index (χ3n) is 7.89. The molecule has 9 rings (SSSR count). The smallest absolute Gasteiger partial charge is 0.156 e. The number of hydrogen-bond donors (Lipinski definition) is 0. The molecule has 0 fully saturated rings. The SMILES string of the molecule is [c]1ccc(-c2c3ccccc3cc3cc4nc5c6sc7ccc8ccccc8c7c6ccn5c4cc23)cc1. The molecule has 0 amide bonds. The Morgan fingerprint density at radius 2 is 1.47 bits per heavy atom. The van der Waals surface area contributed by atoms with Gasteiger partial charge in [0, 0.05) is 21.7 Å². The van der Waals surface area contributed by atoms with Gasteiger partial charge in [-0.15, -0.1) is 11.3 Å². The molecule has 0 atom stereocenters. The molecule has 0 aliphatic carbocycles. The second-order valence-corrected chi connectivity index (χ2v) is 11.0. The summed E-state index contributed by atoms with van der Waals surface area (Å²) in [4.78, 5) is 5.22. The molecule has 3 aromatic heterocycles. The predicted octanol–water partition coefficient (Wildman–Crippen LogP) is 9.78. The Bertz CT molecular complexity index is 2390. The quantitative estimate of drug-likeness (QED) is 0.205. The highest BCUT2D eigenvalue weighted by Crippen LogP contribution is 2.42. The van der Waals surface area contributed by atoms with E-state index in [1.54, 1.807) is 0 Å². The normalized spacial score (nSPS) is 12.2. The Kier molecular flexibility index (Phi) is 3.96. The first-order valence-corrected chi connectivity index (χ1v) is 13.6. The summed E-state index contributed by atoms with van der Waals surface area (Å²) in [7, 11) is 0. The van der Waals surface area contributed by atoms with E-state index in [1.165, 1.54) is 63.6 Å². The molecule has 2 nitrogen and oxygen atoms in total. The standard InChI is InChI=1S/C35H19N2S/c1-2-9-22(10-3-1)32-26-13-7-5-11-23(26)18-24-19-29-30(20-28(24)32)37-17-16-27-33-25-12-6-4-8-21(25)14-15-31(33)38-34(27)35(37)36-29/h2-20H. The van der Waals surface area contributed by atoms with Crippen molar-refractivity contribution in [1.29, 1.82) is 0 Å². The van der Waals surface area contributed by atoms with Crippen LogP contribution in [0.15, 0.2) is 115 Å². The lowest BCUT2D eigenvalue weighted by Gasteiger charge is -2.12. The number of thiophene rings is 1. The van der Waals surface area contributed by atoms with Gasteiger partial charge in [0.2, 0.25) is 0 Å². The second-order valence-electron chi connectivity index (χ2n) is 9.95. The molecule has 6 aromatic carbocycles. The first kappa shape index (κ1) is 20.3. The molecule has 38 heavy (non-hydrogen) atoms. The van der Waals surface area contributed by atoms with Crippen molar-refractivity contribution in [2.75, 3.05) is 0 Å². The maximum absolute atomic E-state index is 5.22. The second kappa shape index (κ2) is 7.41. The monoisotopic (exact) mass is 499 g/mol. The van der Waals surface area contributed by atoms with Crippen molar-refractivity contribution in [3.8, 4) is 11.1 Å². The van der Waals surface area contributed by atoms with E-state index in [9.17, 15) is 0 Å². The summed E-state index contributed by atoms with van der Waals surface area (Å²) in [6, 6.07) is 42.5. The summed E-state index contributed by atoms with van der Waals surface area (Å²) in [5, 5.41) is 10.1. The number of fused-ring (bicyclic) bond motifs is 11. The van der Waals surface area contributed by atoms with Gasteiger partial charge in [0.1, 0.15) is 0 Å². The van der Waals surface area contributed by atoms with E-state index in [0.717, 1.165) is 16.7 Å². The summed E-state index contributed by atoms with van der Waals surface area (Å²) in [6.07, 6.45) is 2.20. The number of pyridine rings is 1. The Morgan fingerprint density at radius 1 is 0.658 bits per heavy atom. The van der Waals surface area contributed by atoms with Crippen LogP contribution in [-0.4, -0.2) is 9.38 Å². The molecule has 0 unspecified atom stereocenters. The van der Waals surface area contributed by atoms with E-state index in [1.807, 2.05) is 23.5 Å². The van der Waals surface area contributed by atoms with Crippen molar-refractivity contribution in [1.82, 2.24) is 9.38 Å². The van der Waals surface area contributed by atoms with Crippen molar-refractivity contribution in [3.05, 3.63) is 121 Å². The van der Waals surface area contributed by atoms with Gasteiger partial charge < -0.3 is 0 Å². The average Bonchev–Trinajstić information content (AvgIpc) is 3.53. The molecule has 0 spiro atoms. The third-order valence-corrected chi connectivity index (χ3v) is 9.06. The van der Waals surface area contributed by atoms with Crippen LogP contribution < -0.4 is 0 Å². The van der Waals surface area contributed by atoms with Gasteiger partial charge in [0.05, 0.1) is 15.7 Å². The maximum atomic E-state index is 5.22. The van der Waals surface area contributed by atoms with Gasteiger partial charge in [-0.25, -0.2) is 4.98 Å². The van der Waals surface area contributed by atoms with Gasteiger partial charge in [-0.05, 0) is 79.8 Å². The van der Waals surface area contributed by atoms with Crippen LogP contribution in [-0.2, 0) is 0 Å². The minimum Gasteiger partial charge on any atom is -0.298 e. The summed E-state index contributed by atoms with van der Waals surface area (Å²) in [5.74, 6) is 0. The van der Waals surface area contributed by atoms with E-state index in [-0.39, 0.29) is 0 Å². The minimum atomic E-state index is 1.02. The number of hydrogen-bond acceptors (Lipinski definition) is 2. The Hall–Kier alpha value is -4.73. The largest absolute Gasteiger partial charge is 0.298 e. The molecule has 0 saturated carbocycles. The summed E-state index contributed by atoms with van der Waals surface area (Å²) in [6.45, 7) is 0. The zero-order chi connectivity index (χ0) is 24.8. The number of benzene rings is 6. The molecule has 1 radical (unpaired) electrons. The van der Waals surface area contributed by atoms with Crippen LogP contribution >= 0.6 is 11.3 Å². The zero-order valence-corrected chi connectivity index (χ0v) is 21.1. The summed E-state index contributed by atoms with van der Waals surface area (Å²) >= 11 is 1.84. The Morgan fingerprint density at radius 3 is 2.37 bits per heavy atom. The van der Waals surface area contributed by atoms with Gasteiger partial charge in [0.25, 0.3) is 0 Å². The van der Waals surface area contributed by atoms with Crippen LogP contribution in [0.1, 0.15) is 0 Å². The molecule has 0 N–H and O–H groups in total. The Balaban J connectivity index is 1.43. The molecule has 0 saturated heterocycles. The molecule has 3 heteroatoms. The van der Waals surface area contributed by atoms with E-state index in [0.29, 0.717) is 0 Å². The first-order valence-electron chi connectivity index (χ1n) is 12.8. The van der Waals surface area contributed by atoms with Crippen molar-refractivity contribution in [2.45, 2.75) is 0 Å². The molecule has 0 bridgehead atoms. The van der Waals surface area contributed by atoms with Crippen molar-refractivity contribution >= 4 is 80.5 Å². The van der Waals surface area contributed by atoms with E-state index in [4.69, 9.17) is 4.98 Å². The lowest BCUT2D eigenvalue weighted by Crippen LogP contribution is -1.87. The van der Waals surface area contributed by atoms with Crippen molar-refractivity contribution in [3.63, 3.8) is 0 Å². The van der Waals surface area contributed by atoms with Crippen LogP contribution in [0, 0.1) is 6.07 Å². The van der Waals surface area contributed by atoms with Crippen LogP contribution in [0.3, 0.4) is 0 Å². The van der Waals surface area contributed by atoms with Gasteiger partial charge >= 0.3 is 0 Å². The van der Waals surface area contributed by atoms with Crippen LogP contribution in [0.2, 0.25) is 0 Å². The molecule has 9 aromatic rings. The third kappa shape index (κ3) is 2.69. The van der Waals surface area contributed by atoms with Crippen molar-refractivity contribution < 1.29 is 0 Å². The molecule has 0 aliphatic heterocycles. The average molecular weight is 500 g/mol. The molecular weight excluding hydrogens is 480 g/mol. The van der Waals surface area contributed by atoms with Crippen LogP contribution in [0.5, 0.6) is 0 Å². The lowest BCUT2D eigenvalue weighted by atomic mass is 9.92. The lowest BCUT2D eigenvalue weighted by molar-refractivity contribution is 1.25. The van der Waals surface area contributed by atoms with Gasteiger partial charge in [-0.3, -0.25) is 4.40 Å². The zero-order valence-electron chi connectivity index (χ0n) is 20.3. The maximum Gasteiger partial charge on any atom is 0.156 e. The summed E-state index contributed by atoms with van der Waals surface area (Å²) < 4.78 is 4.81. The topological polar surface area (TPSA) is 17.3 Å². The number of imidazole rings is 1. The first-order chi connectivity index (χ1) is 18.8. The van der Waals surface area contributed by atoms with E-state index >= 15 is 0 Å². The van der Waals surface area contributed by atoms with Crippen molar-refractivity contribution in [2.24, 2.45) is 0 Å². The summed E-state index contributed by atoms with van der Waals surface area (Å²) in [5.41, 5.74) is 5.65. The minimum absolute atomic E-state index is 1.02. The van der Waals surface area contributed by atoms with Crippen LogP contribution in [0.25, 0.3) is 80.3 Å². The number of rotatable bonds is 1. The highest BCUT2D eigenvalue weighted by molar-refractivity contribution is 7.26. The fraction of sp³-hybridized carbons (Fsp3) is 0. The van der Waals surface area contributed by atoms with Gasteiger partial charge in [0.15, 0.2) is 5.65 Å². The highest BCUT2D eigenvalue weighted by atomic mass is 32.1. The highest BCUT2D eigenvalue weighted by Gasteiger charge is 2.17. The van der Waals surface area contributed by atoms with Gasteiger partial charge in [-0.2, -0.15) is 0 Å². The fourth-order valence-electron chi connectivity index (χ4n) is 6.20. The van der Waals surface area contributed by atoms with Crippen LogP contribution in [0.4, 0.5) is 0 Å². The Labute approximate surface area is 222 Å². The number of nitrogens with zero attached hydrogens (tertiary/aromatic N) is 2. The van der Waals surface area contributed by atoms with E-state index in [2.05, 4.69) is 114 Å². The number of aromatic nitrogens is 2. The van der Waals surface area contributed by atoms with E-state index < -0.39 is 0 Å². The fourth-order valence-corrected chi connectivity index (χ4v) is 7.39. The molecule has 175 valence electrons. The van der Waals surface area contributed by atoms with Gasteiger partial charge in [-0.1, -0.05) is 78.9 Å². The molecule has 0 aliphatic rings.